The van der Waals surface area contributed by atoms with Crippen molar-refractivity contribution in [2.45, 2.75) is 30.2 Å². The maximum Gasteiger partial charge on any atom is 0.389 e. The van der Waals surface area contributed by atoms with Gasteiger partial charge in [-0.2, -0.15) is 13.2 Å². The lowest BCUT2D eigenvalue weighted by Crippen LogP contribution is -2.30. The molecular weight excluding hydrogens is 291 g/mol. The number of sulfonamides is 1. The maximum absolute atomic E-state index is 11.8. The fraction of sp³-hybridized carbons (Fsp3) is 0.444. The van der Waals surface area contributed by atoms with Gasteiger partial charge in [0.15, 0.2) is 0 Å². The molecule has 9 heteroatoms. The van der Waals surface area contributed by atoms with Crippen LogP contribution >= 0.6 is 11.3 Å². The van der Waals surface area contributed by atoms with Crippen LogP contribution in [0.5, 0.6) is 0 Å². The molecule has 1 N–H and O–H groups in total. The Labute approximate surface area is 106 Å². The lowest BCUT2D eigenvalue weighted by atomic mass is 10.3. The monoisotopic (exact) mass is 301 g/mol. The molecule has 0 radical (unpaired) electrons. The van der Waals surface area contributed by atoms with Gasteiger partial charge in [-0.1, -0.05) is 0 Å². The number of carbonyl (C=O) groups excluding carboxylic acids is 1. The zero-order valence-corrected chi connectivity index (χ0v) is 10.9. The van der Waals surface area contributed by atoms with Gasteiger partial charge in [0.25, 0.3) is 10.0 Å². The van der Waals surface area contributed by atoms with Gasteiger partial charge in [0.05, 0.1) is 6.42 Å². The number of hydrogen-bond acceptors (Lipinski definition) is 4. The average molecular weight is 301 g/mol. The van der Waals surface area contributed by atoms with E-state index in [0.717, 1.165) is 16.2 Å². The van der Waals surface area contributed by atoms with Crippen LogP contribution in [-0.2, 0) is 14.8 Å². The number of hydrogen-bond donors (Lipinski definition) is 1. The number of amides is 1. The predicted molar refractivity (Wildman–Crippen MR) is 59.7 cm³/mol. The molecule has 102 valence electrons. The van der Waals surface area contributed by atoms with Gasteiger partial charge in [0.1, 0.15) is 4.21 Å². The van der Waals surface area contributed by atoms with E-state index in [-0.39, 0.29) is 4.21 Å². The van der Waals surface area contributed by atoms with Crippen LogP contribution in [0.15, 0.2) is 16.3 Å². The van der Waals surface area contributed by atoms with Gasteiger partial charge < -0.3 is 0 Å². The summed E-state index contributed by atoms with van der Waals surface area (Å²) < 4.78 is 60.2. The molecule has 0 saturated carbocycles. The second-order valence-corrected chi connectivity index (χ2v) is 6.71. The molecule has 0 saturated heterocycles. The van der Waals surface area contributed by atoms with Crippen molar-refractivity contribution in [3.63, 3.8) is 0 Å². The Morgan fingerprint density at radius 1 is 1.39 bits per heavy atom. The van der Waals surface area contributed by atoms with Gasteiger partial charge >= 0.3 is 6.18 Å². The van der Waals surface area contributed by atoms with Gasteiger partial charge in [-0.3, -0.25) is 4.79 Å². The SMILES string of the molecule is Cc1ccc(S(=O)(=O)NC(=O)CCC(F)(F)F)s1. The van der Waals surface area contributed by atoms with Crippen molar-refractivity contribution < 1.29 is 26.4 Å². The number of aryl methyl sites for hydroxylation is 1. The molecule has 0 bridgehead atoms. The molecule has 1 aromatic heterocycles. The molecule has 0 aromatic carbocycles. The van der Waals surface area contributed by atoms with Crippen molar-refractivity contribution in [2.24, 2.45) is 0 Å². The summed E-state index contributed by atoms with van der Waals surface area (Å²) in [5, 5.41) is 0. The average Bonchev–Trinajstić information content (AvgIpc) is 2.61. The molecule has 18 heavy (non-hydrogen) atoms. The van der Waals surface area contributed by atoms with Crippen LogP contribution in [0.2, 0.25) is 0 Å². The minimum absolute atomic E-state index is 0.0969. The van der Waals surface area contributed by atoms with E-state index in [4.69, 9.17) is 0 Å². The molecule has 0 aliphatic carbocycles. The Morgan fingerprint density at radius 2 is 2.00 bits per heavy atom. The lowest BCUT2D eigenvalue weighted by molar-refractivity contribution is -0.143. The quantitative estimate of drug-likeness (QED) is 0.927. The number of halogens is 3. The highest BCUT2D eigenvalue weighted by Crippen LogP contribution is 2.22. The van der Waals surface area contributed by atoms with E-state index >= 15 is 0 Å². The highest BCUT2D eigenvalue weighted by Gasteiger charge is 2.29. The summed E-state index contributed by atoms with van der Waals surface area (Å²) >= 11 is 0.935. The molecule has 1 aromatic rings. The molecule has 1 heterocycles. The first-order chi connectivity index (χ1) is 8.10. The van der Waals surface area contributed by atoms with Crippen LogP contribution in [0.1, 0.15) is 17.7 Å². The van der Waals surface area contributed by atoms with Gasteiger partial charge in [-0.05, 0) is 19.1 Å². The summed E-state index contributed by atoms with van der Waals surface area (Å²) in [4.78, 5) is 11.8. The molecule has 0 spiro atoms. The molecular formula is C9H10F3NO3S2. The van der Waals surface area contributed by atoms with Crippen molar-refractivity contribution in [2.75, 3.05) is 0 Å². The molecule has 0 aliphatic rings. The molecule has 0 fully saturated rings. The molecule has 1 amide bonds. The topological polar surface area (TPSA) is 63.2 Å². The molecule has 0 atom stereocenters. The molecule has 0 unspecified atom stereocenters. The van der Waals surface area contributed by atoms with Crippen molar-refractivity contribution in [1.82, 2.24) is 4.72 Å². The minimum atomic E-state index is -4.49. The summed E-state index contributed by atoms with van der Waals surface area (Å²) in [6, 6.07) is 2.83. The largest absolute Gasteiger partial charge is 0.389 e. The fourth-order valence-electron chi connectivity index (χ4n) is 1.06. The van der Waals surface area contributed by atoms with Crippen molar-refractivity contribution in [3.05, 3.63) is 17.0 Å². The Morgan fingerprint density at radius 3 is 2.44 bits per heavy atom. The predicted octanol–water partition coefficient (Wildman–Crippen LogP) is 2.20. The third-order valence-corrected chi connectivity index (χ3v) is 4.73. The number of carbonyl (C=O) groups is 1. The first kappa shape index (κ1) is 15.0. The van der Waals surface area contributed by atoms with Crippen molar-refractivity contribution in [3.8, 4) is 0 Å². The van der Waals surface area contributed by atoms with E-state index in [2.05, 4.69) is 0 Å². The van der Waals surface area contributed by atoms with Crippen molar-refractivity contribution in [1.29, 1.82) is 0 Å². The third kappa shape index (κ3) is 4.65. The fourth-order valence-corrected chi connectivity index (χ4v) is 3.36. The van der Waals surface area contributed by atoms with Gasteiger partial charge in [0.2, 0.25) is 5.91 Å². The zero-order valence-electron chi connectivity index (χ0n) is 9.24. The highest BCUT2D eigenvalue weighted by molar-refractivity contribution is 7.92. The summed E-state index contributed by atoms with van der Waals surface area (Å²) in [6.07, 6.45) is -6.74. The van der Waals surface area contributed by atoms with Crippen LogP contribution < -0.4 is 4.72 Å². The third-order valence-electron chi connectivity index (χ3n) is 1.86. The Bertz CT molecular complexity index is 533. The van der Waals surface area contributed by atoms with E-state index in [1.165, 1.54) is 6.07 Å². The van der Waals surface area contributed by atoms with E-state index in [1.54, 1.807) is 17.7 Å². The first-order valence-electron chi connectivity index (χ1n) is 4.79. The molecule has 4 nitrogen and oxygen atoms in total. The van der Waals surface area contributed by atoms with Crippen LogP contribution in [0.25, 0.3) is 0 Å². The number of thiophene rings is 1. The maximum atomic E-state index is 11.8. The van der Waals surface area contributed by atoms with Gasteiger partial charge in [-0.15, -0.1) is 11.3 Å². The molecule has 0 aliphatic heterocycles. The molecule has 1 rings (SSSR count). The van der Waals surface area contributed by atoms with E-state index < -0.39 is 34.9 Å². The van der Waals surface area contributed by atoms with Crippen LogP contribution in [0.3, 0.4) is 0 Å². The second kappa shape index (κ2) is 5.27. The van der Waals surface area contributed by atoms with E-state index in [9.17, 15) is 26.4 Å². The smallest absolute Gasteiger partial charge is 0.274 e. The Balaban J connectivity index is 2.64. The van der Waals surface area contributed by atoms with Gasteiger partial charge in [-0.25, -0.2) is 13.1 Å². The number of rotatable bonds is 4. The van der Waals surface area contributed by atoms with Crippen molar-refractivity contribution >= 4 is 27.3 Å². The Kier molecular flexibility index (Phi) is 4.38. The van der Waals surface area contributed by atoms with E-state index in [1.807, 2.05) is 0 Å². The van der Waals surface area contributed by atoms with Crippen LogP contribution in [0.4, 0.5) is 13.2 Å². The lowest BCUT2D eigenvalue weighted by Gasteiger charge is -2.07. The first-order valence-corrected chi connectivity index (χ1v) is 7.09. The van der Waals surface area contributed by atoms with Gasteiger partial charge in [0, 0.05) is 11.3 Å². The normalized spacial score (nSPS) is 12.4. The number of nitrogens with one attached hydrogen (secondary N) is 1. The standard InChI is InChI=1S/C9H10F3NO3S2/c1-6-2-3-8(17-6)18(15,16)13-7(14)4-5-9(10,11)12/h2-3H,4-5H2,1H3,(H,13,14). The summed E-state index contributed by atoms with van der Waals surface area (Å²) in [7, 11) is -4.05. The summed E-state index contributed by atoms with van der Waals surface area (Å²) in [6.45, 7) is 1.68. The second-order valence-electron chi connectivity index (χ2n) is 3.51. The van der Waals surface area contributed by atoms with Crippen LogP contribution in [0, 0.1) is 6.92 Å². The highest BCUT2D eigenvalue weighted by atomic mass is 32.2. The van der Waals surface area contributed by atoms with E-state index in [0.29, 0.717) is 0 Å². The zero-order chi connectivity index (χ0) is 14.0. The van der Waals surface area contributed by atoms with Crippen LogP contribution in [-0.4, -0.2) is 20.5 Å². The summed E-state index contributed by atoms with van der Waals surface area (Å²) in [5.74, 6) is -1.17. The Hall–Kier alpha value is -1.09. The minimum Gasteiger partial charge on any atom is -0.274 e. The summed E-state index contributed by atoms with van der Waals surface area (Å²) in [5.41, 5.74) is 0. The number of alkyl halides is 3.